The van der Waals surface area contributed by atoms with Gasteiger partial charge in [-0.15, -0.1) is 0 Å². The smallest absolute Gasteiger partial charge is 0.242 e. The molecule has 1 fully saturated rings. The average molecular weight is 521 g/mol. The van der Waals surface area contributed by atoms with Gasteiger partial charge in [-0.05, 0) is 62.6 Å². The molecule has 1 N–H and O–H groups in total. The van der Waals surface area contributed by atoms with Crippen molar-refractivity contribution in [2.75, 3.05) is 13.7 Å². The van der Waals surface area contributed by atoms with E-state index >= 15 is 0 Å². The fourth-order valence-electron chi connectivity index (χ4n) is 4.23. The number of amides is 2. The second kappa shape index (κ2) is 13.6. The van der Waals surface area contributed by atoms with Crippen molar-refractivity contribution in [3.05, 3.63) is 58.1 Å². The van der Waals surface area contributed by atoms with Crippen molar-refractivity contribution in [2.24, 2.45) is 0 Å². The molecule has 1 aliphatic carbocycles. The van der Waals surface area contributed by atoms with Crippen LogP contribution in [0.25, 0.3) is 0 Å². The van der Waals surface area contributed by atoms with Crippen LogP contribution in [0.2, 0.25) is 10.0 Å². The summed E-state index contributed by atoms with van der Waals surface area (Å²) in [5.74, 6) is 1.16. The minimum absolute atomic E-state index is 0.148. The summed E-state index contributed by atoms with van der Waals surface area (Å²) in [6.45, 7) is 2.30. The van der Waals surface area contributed by atoms with Gasteiger partial charge in [0.1, 0.15) is 17.5 Å². The lowest BCUT2D eigenvalue weighted by molar-refractivity contribution is -0.141. The SMILES string of the molecule is COc1ccc(OCCCC(=O)N(Cc2c(Cl)cccc2Cl)[C@H](C)C(=O)NC2CCCCC2)cc1. The molecule has 0 radical (unpaired) electrons. The summed E-state index contributed by atoms with van der Waals surface area (Å²) in [5, 5.41) is 4.07. The Morgan fingerprint density at radius 3 is 2.29 bits per heavy atom. The molecule has 0 heterocycles. The fraction of sp³-hybridized carbons (Fsp3) is 0.481. The van der Waals surface area contributed by atoms with Crippen LogP contribution in [0.4, 0.5) is 0 Å². The quantitative estimate of drug-likeness (QED) is 0.367. The number of rotatable bonds is 11. The lowest BCUT2D eigenvalue weighted by Gasteiger charge is -2.31. The van der Waals surface area contributed by atoms with Crippen LogP contribution in [0.15, 0.2) is 42.5 Å². The van der Waals surface area contributed by atoms with Crippen molar-refractivity contribution in [3.63, 3.8) is 0 Å². The molecule has 35 heavy (non-hydrogen) atoms. The van der Waals surface area contributed by atoms with E-state index < -0.39 is 6.04 Å². The van der Waals surface area contributed by atoms with Gasteiger partial charge in [-0.1, -0.05) is 48.5 Å². The van der Waals surface area contributed by atoms with Gasteiger partial charge < -0.3 is 19.7 Å². The van der Waals surface area contributed by atoms with Gasteiger partial charge in [0.05, 0.1) is 13.7 Å². The van der Waals surface area contributed by atoms with Gasteiger partial charge in [0.25, 0.3) is 0 Å². The third kappa shape index (κ3) is 8.04. The Morgan fingerprint density at radius 1 is 1.03 bits per heavy atom. The van der Waals surface area contributed by atoms with E-state index in [4.69, 9.17) is 32.7 Å². The van der Waals surface area contributed by atoms with Gasteiger partial charge in [-0.3, -0.25) is 9.59 Å². The molecule has 0 spiro atoms. The normalized spacial score (nSPS) is 14.7. The number of nitrogens with one attached hydrogen (secondary N) is 1. The number of benzene rings is 2. The van der Waals surface area contributed by atoms with Crippen molar-refractivity contribution in [1.82, 2.24) is 10.2 Å². The summed E-state index contributed by atoms with van der Waals surface area (Å²) in [4.78, 5) is 27.9. The van der Waals surface area contributed by atoms with E-state index in [0.717, 1.165) is 31.4 Å². The van der Waals surface area contributed by atoms with Crippen LogP contribution >= 0.6 is 23.2 Å². The first-order valence-corrected chi connectivity index (χ1v) is 12.9. The van der Waals surface area contributed by atoms with Crippen LogP contribution in [0.1, 0.15) is 57.4 Å². The zero-order chi connectivity index (χ0) is 25.2. The van der Waals surface area contributed by atoms with Gasteiger partial charge in [0, 0.05) is 34.6 Å². The summed E-state index contributed by atoms with van der Waals surface area (Å²) in [7, 11) is 1.61. The number of ether oxygens (including phenoxy) is 2. The monoisotopic (exact) mass is 520 g/mol. The number of methoxy groups -OCH3 is 1. The average Bonchev–Trinajstić information content (AvgIpc) is 2.87. The number of nitrogens with zero attached hydrogens (tertiary/aromatic N) is 1. The highest BCUT2D eigenvalue weighted by molar-refractivity contribution is 6.36. The highest BCUT2D eigenvalue weighted by Crippen LogP contribution is 2.27. The molecule has 0 bridgehead atoms. The largest absolute Gasteiger partial charge is 0.497 e. The molecule has 1 saturated carbocycles. The van der Waals surface area contributed by atoms with E-state index in [0.29, 0.717) is 34.4 Å². The Bertz CT molecular complexity index is 957. The Kier molecular flexibility index (Phi) is 10.5. The van der Waals surface area contributed by atoms with E-state index in [1.165, 1.54) is 6.42 Å². The molecule has 1 aliphatic rings. The maximum atomic E-state index is 13.3. The second-order valence-electron chi connectivity index (χ2n) is 8.87. The van der Waals surface area contributed by atoms with E-state index in [-0.39, 0.29) is 30.8 Å². The molecule has 2 aromatic carbocycles. The molecule has 6 nitrogen and oxygen atoms in total. The zero-order valence-corrected chi connectivity index (χ0v) is 21.9. The van der Waals surface area contributed by atoms with Gasteiger partial charge in [-0.2, -0.15) is 0 Å². The van der Waals surface area contributed by atoms with Crippen molar-refractivity contribution >= 4 is 35.0 Å². The number of carbonyl (C=O) groups is 2. The Hall–Kier alpha value is -2.44. The molecular weight excluding hydrogens is 487 g/mol. The van der Waals surface area contributed by atoms with E-state index in [1.54, 1.807) is 37.1 Å². The summed E-state index contributed by atoms with van der Waals surface area (Å²) < 4.78 is 10.9. The van der Waals surface area contributed by atoms with Crippen molar-refractivity contribution in [1.29, 1.82) is 0 Å². The van der Waals surface area contributed by atoms with Crippen LogP contribution < -0.4 is 14.8 Å². The Balaban J connectivity index is 1.63. The summed E-state index contributed by atoms with van der Waals surface area (Å²) in [5.41, 5.74) is 0.635. The molecule has 0 saturated heterocycles. The fourth-order valence-corrected chi connectivity index (χ4v) is 4.75. The first-order valence-electron chi connectivity index (χ1n) is 12.2. The number of halogens is 2. The lowest BCUT2D eigenvalue weighted by atomic mass is 9.95. The van der Waals surface area contributed by atoms with Crippen LogP contribution in [0.5, 0.6) is 11.5 Å². The lowest BCUT2D eigenvalue weighted by Crippen LogP contribution is -2.50. The van der Waals surface area contributed by atoms with Crippen LogP contribution in [-0.2, 0) is 16.1 Å². The van der Waals surface area contributed by atoms with Crippen LogP contribution in [0, 0.1) is 0 Å². The molecule has 2 aromatic rings. The molecule has 3 rings (SSSR count). The topological polar surface area (TPSA) is 67.9 Å². The number of carbonyl (C=O) groups excluding carboxylic acids is 2. The van der Waals surface area contributed by atoms with Gasteiger partial charge in [-0.25, -0.2) is 0 Å². The standard InChI is InChI=1S/C27H34Cl2N2O4/c1-19(27(33)30-20-8-4-3-5-9-20)31(18-23-24(28)10-6-11-25(23)29)26(32)12-7-17-35-22-15-13-21(34-2)14-16-22/h6,10-11,13-16,19-20H,3-5,7-9,12,17-18H2,1-2H3,(H,30,33)/t19-/m1/s1. The summed E-state index contributed by atoms with van der Waals surface area (Å²) >= 11 is 12.8. The Labute approximate surface area is 217 Å². The number of hydrogen-bond donors (Lipinski definition) is 1. The maximum absolute atomic E-state index is 13.3. The first kappa shape index (κ1) is 27.2. The first-order chi connectivity index (χ1) is 16.9. The van der Waals surface area contributed by atoms with E-state index in [2.05, 4.69) is 5.32 Å². The third-order valence-electron chi connectivity index (χ3n) is 6.37. The molecule has 2 amide bonds. The molecule has 8 heteroatoms. The van der Waals surface area contributed by atoms with E-state index in [9.17, 15) is 9.59 Å². The van der Waals surface area contributed by atoms with Crippen molar-refractivity contribution in [2.45, 2.75) is 70.5 Å². The molecule has 0 aliphatic heterocycles. The summed E-state index contributed by atoms with van der Waals surface area (Å²) in [6.07, 6.45) is 6.14. The minimum Gasteiger partial charge on any atom is -0.497 e. The molecule has 0 unspecified atom stereocenters. The zero-order valence-electron chi connectivity index (χ0n) is 20.4. The van der Waals surface area contributed by atoms with Gasteiger partial charge >= 0.3 is 0 Å². The van der Waals surface area contributed by atoms with Gasteiger partial charge in [0.15, 0.2) is 0 Å². The Morgan fingerprint density at radius 2 is 1.66 bits per heavy atom. The highest BCUT2D eigenvalue weighted by Gasteiger charge is 2.29. The molecule has 0 aromatic heterocycles. The summed E-state index contributed by atoms with van der Waals surface area (Å²) in [6, 6.07) is 12.0. The number of hydrogen-bond acceptors (Lipinski definition) is 4. The third-order valence-corrected chi connectivity index (χ3v) is 7.08. The second-order valence-corrected chi connectivity index (χ2v) is 9.68. The van der Waals surface area contributed by atoms with Gasteiger partial charge in [0.2, 0.25) is 11.8 Å². The molecule has 1 atom stereocenters. The van der Waals surface area contributed by atoms with Crippen molar-refractivity contribution < 1.29 is 19.1 Å². The molecular formula is C27H34Cl2N2O4. The van der Waals surface area contributed by atoms with Crippen LogP contribution in [-0.4, -0.2) is 42.5 Å². The highest BCUT2D eigenvalue weighted by atomic mass is 35.5. The maximum Gasteiger partial charge on any atom is 0.242 e. The van der Waals surface area contributed by atoms with E-state index in [1.807, 2.05) is 24.3 Å². The van der Waals surface area contributed by atoms with Crippen LogP contribution in [0.3, 0.4) is 0 Å². The minimum atomic E-state index is -0.653. The van der Waals surface area contributed by atoms with Crippen molar-refractivity contribution in [3.8, 4) is 11.5 Å². The molecule has 190 valence electrons. The predicted octanol–water partition coefficient (Wildman–Crippen LogP) is 6.03. The predicted molar refractivity (Wildman–Crippen MR) is 139 cm³/mol.